The first-order valence-electron chi connectivity index (χ1n) is 5.87. The average molecular weight is 261 g/mol. The van der Waals surface area contributed by atoms with Gasteiger partial charge in [-0.3, -0.25) is 4.57 Å². The van der Waals surface area contributed by atoms with Crippen LogP contribution >= 0.6 is 0 Å². The molecule has 0 aliphatic carbocycles. The Bertz CT molecular complexity index is 399. The Morgan fingerprint density at radius 2 is 2.50 bits per heavy atom. The lowest BCUT2D eigenvalue weighted by Gasteiger charge is -2.26. The molecule has 0 bridgehead atoms. The quantitative estimate of drug-likeness (QED) is 0.827. The number of aromatic nitrogens is 2. The van der Waals surface area contributed by atoms with Crippen LogP contribution in [0.3, 0.4) is 0 Å². The highest BCUT2D eigenvalue weighted by Gasteiger charge is 2.39. The van der Waals surface area contributed by atoms with E-state index in [1.807, 2.05) is 0 Å². The van der Waals surface area contributed by atoms with E-state index < -0.39 is 12.2 Å². The second-order valence-corrected chi connectivity index (χ2v) is 4.50. The topological polar surface area (TPSA) is 59.3 Å². The third-order valence-electron chi connectivity index (χ3n) is 3.33. The van der Waals surface area contributed by atoms with Gasteiger partial charge in [-0.25, -0.2) is 4.98 Å². The van der Waals surface area contributed by atoms with Crippen LogP contribution in [0.4, 0.5) is 8.78 Å². The fraction of sp³-hybridized carbons (Fsp3) is 0.727. The van der Waals surface area contributed by atoms with Crippen molar-refractivity contribution in [1.82, 2.24) is 14.9 Å². The molecule has 0 saturated carbocycles. The van der Waals surface area contributed by atoms with E-state index in [2.05, 4.69) is 10.3 Å². The van der Waals surface area contributed by atoms with Gasteiger partial charge in [-0.15, -0.1) is 0 Å². The van der Waals surface area contributed by atoms with Gasteiger partial charge in [0.15, 0.2) is 0 Å². The maximum atomic E-state index is 12.6. The molecule has 1 saturated heterocycles. The summed E-state index contributed by atoms with van der Waals surface area (Å²) in [6.07, 6.45) is 2.86. The molecule has 0 spiro atoms. The van der Waals surface area contributed by atoms with Crippen molar-refractivity contribution in [3.63, 3.8) is 0 Å². The largest absolute Gasteiger partial charge is 0.386 e. The summed E-state index contributed by atoms with van der Waals surface area (Å²) in [6, 6.07) is 0. The van der Waals surface area contributed by atoms with Crippen LogP contribution in [0.1, 0.15) is 25.7 Å². The second-order valence-electron chi connectivity index (χ2n) is 4.50. The fourth-order valence-electron chi connectivity index (χ4n) is 2.05. The Morgan fingerprint density at radius 3 is 3.11 bits per heavy atom. The third kappa shape index (κ3) is 2.68. The first kappa shape index (κ1) is 13.4. The summed E-state index contributed by atoms with van der Waals surface area (Å²) in [7, 11) is 0. The lowest BCUT2D eigenvalue weighted by Crippen LogP contribution is -2.45. The van der Waals surface area contributed by atoms with Crippen molar-refractivity contribution in [2.45, 2.75) is 38.1 Å². The van der Waals surface area contributed by atoms with Crippen molar-refractivity contribution < 1.29 is 18.6 Å². The van der Waals surface area contributed by atoms with Gasteiger partial charge in [0.25, 0.3) is 0 Å². The van der Waals surface area contributed by atoms with Crippen molar-refractivity contribution in [2.24, 2.45) is 0 Å². The molecular formula is C11H17F2N3O2. The number of hydrogen-bond donors (Lipinski definition) is 2. The molecule has 0 aromatic carbocycles. The molecule has 5 nitrogen and oxygen atoms in total. The highest BCUT2D eigenvalue weighted by Crippen LogP contribution is 2.24. The number of imidazole rings is 1. The number of halogens is 2. The summed E-state index contributed by atoms with van der Waals surface area (Å²) in [6.45, 7) is 0.206. The molecule has 102 valence electrons. The van der Waals surface area contributed by atoms with Crippen molar-refractivity contribution >= 4 is 0 Å². The van der Waals surface area contributed by atoms with E-state index in [9.17, 15) is 13.9 Å². The minimum absolute atomic E-state index is 0.187. The van der Waals surface area contributed by atoms with E-state index in [1.54, 1.807) is 6.92 Å². The third-order valence-corrected chi connectivity index (χ3v) is 3.33. The molecule has 7 heteroatoms. The van der Waals surface area contributed by atoms with Gasteiger partial charge in [-0.05, 0) is 6.92 Å². The molecule has 0 amide bonds. The molecule has 1 aliphatic heterocycles. The zero-order valence-electron chi connectivity index (χ0n) is 10.1. The highest BCUT2D eigenvalue weighted by atomic mass is 19.3. The van der Waals surface area contributed by atoms with Crippen LogP contribution in [0.15, 0.2) is 12.4 Å². The van der Waals surface area contributed by atoms with Crippen LogP contribution < -0.4 is 5.32 Å². The smallest absolute Gasteiger partial charge is 0.319 e. The van der Waals surface area contributed by atoms with Gasteiger partial charge >= 0.3 is 6.55 Å². The molecule has 0 radical (unpaired) electrons. The number of nitrogens with zero attached hydrogens (tertiary/aromatic N) is 2. The molecule has 18 heavy (non-hydrogen) atoms. The molecule has 2 rings (SSSR count). The molecule has 2 N–H and O–H groups in total. The zero-order valence-corrected chi connectivity index (χ0v) is 10.1. The van der Waals surface area contributed by atoms with Crippen LogP contribution in [0.2, 0.25) is 0 Å². The van der Waals surface area contributed by atoms with E-state index in [0.717, 1.165) is 4.57 Å². The second kappa shape index (κ2) is 5.29. The normalized spacial score (nSPS) is 28.2. The van der Waals surface area contributed by atoms with Crippen LogP contribution in [-0.2, 0) is 11.3 Å². The molecule has 1 aromatic heterocycles. The summed E-state index contributed by atoms with van der Waals surface area (Å²) in [5.74, 6) is 0.250. The molecule has 1 fully saturated rings. The maximum Gasteiger partial charge on any atom is 0.319 e. The van der Waals surface area contributed by atoms with Gasteiger partial charge in [-0.1, -0.05) is 0 Å². The SMILES string of the molecule is CC1OCCC1(O)CNCc1nccn1C(F)F. The minimum Gasteiger partial charge on any atom is -0.386 e. The summed E-state index contributed by atoms with van der Waals surface area (Å²) in [5, 5.41) is 13.2. The first-order chi connectivity index (χ1) is 8.53. The monoisotopic (exact) mass is 261 g/mol. The highest BCUT2D eigenvalue weighted by molar-refractivity contribution is 4.95. The Balaban J connectivity index is 1.87. The van der Waals surface area contributed by atoms with E-state index in [-0.39, 0.29) is 18.5 Å². The first-order valence-corrected chi connectivity index (χ1v) is 5.87. The summed E-state index contributed by atoms with van der Waals surface area (Å²) < 4.78 is 31.2. The zero-order chi connectivity index (χ0) is 13.2. The fourth-order valence-corrected chi connectivity index (χ4v) is 2.05. The van der Waals surface area contributed by atoms with Gasteiger partial charge in [0, 0.05) is 32.0 Å². The molecule has 1 aromatic rings. The van der Waals surface area contributed by atoms with Gasteiger partial charge in [0.1, 0.15) is 11.4 Å². The van der Waals surface area contributed by atoms with Crippen molar-refractivity contribution in [3.05, 3.63) is 18.2 Å². The molecule has 1 aliphatic rings. The summed E-state index contributed by atoms with van der Waals surface area (Å²) in [4.78, 5) is 3.85. The lowest BCUT2D eigenvalue weighted by atomic mass is 9.97. The van der Waals surface area contributed by atoms with Crippen molar-refractivity contribution in [3.8, 4) is 0 Å². The van der Waals surface area contributed by atoms with Crippen molar-refractivity contribution in [2.75, 3.05) is 13.2 Å². The van der Waals surface area contributed by atoms with Crippen molar-refractivity contribution in [1.29, 1.82) is 0 Å². The van der Waals surface area contributed by atoms with Crippen LogP contribution in [0.5, 0.6) is 0 Å². The summed E-state index contributed by atoms with van der Waals surface area (Å²) in [5.41, 5.74) is -0.928. The van der Waals surface area contributed by atoms with Crippen LogP contribution in [0, 0.1) is 0 Å². The van der Waals surface area contributed by atoms with Crippen LogP contribution in [0.25, 0.3) is 0 Å². The number of ether oxygens (including phenoxy) is 1. The van der Waals surface area contributed by atoms with Crippen LogP contribution in [-0.4, -0.2) is 39.5 Å². The van der Waals surface area contributed by atoms with Gasteiger partial charge in [-0.2, -0.15) is 8.78 Å². The number of rotatable bonds is 5. The Labute approximate surface area is 104 Å². The summed E-state index contributed by atoms with van der Waals surface area (Å²) >= 11 is 0. The van der Waals surface area contributed by atoms with E-state index in [0.29, 0.717) is 19.6 Å². The van der Waals surface area contributed by atoms with Gasteiger partial charge in [0.05, 0.1) is 12.6 Å². The predicted octanol–water partition coefficient (Wildman–Crippen LogP) is 0.908. The maximum absolute atomic E-state index is 12.6. The number of alkyl halides is 2. The number of aliphatic hydroxyl groups is 1. The standard InChI is InChI=1S/C11H17F2N3O2/c1-8-11(17,2-5-18-8)7-14-6-9-15-3-4-16(9)10(12)13/h3-4,8,10,14,17H,2,5-7H2,1H3. The molecule has 2 unspecified atom stereocenters. The lowest BCUT2D eigenvalue weighted by molar-refractivity contribution is -0.0265. The Hall–Kier alpha value is -1.05. The Kier molecular flexibility index (Phi) is 3.94. The predicted molar refractivity (Wildman–Crippen MR) is 60.2 cm³/mol. The van der Waals surface area contributed by atoms with Gasteiger partial charge < -0.3 is 15.2 Å². The molecule has 2 heterocycles. The van der Waals surface area contributed by atoms with E-state index in [1.165, 1.54) is 12.4 Å². The Morgan fingerprint density at radius 1 is 1.72 bits per heavy atom. The molecular weight excluding hydrogens is 244 g/mol. The number of nitrogens with one attached hydrogen (secondary N) is 1. The van der Waals surface area contributed by atoms with Gasteiger partial charge in [0.2, 0.25) is 0 Å². The number of hydrogen-bond acceptors (Lipinski definition) is 4. The molecule has 2 atom stereocenters. The average Bonchev–Trinajstić information content (AvgIpc) is 2.88. The minimum atomic E-state index is -2.60. The van der Waals surface area contributed by atoms with E-state index >= 15 is 0 Å². The van der Waals surface area contributed by atoms with E-state index in [4.69, 9.17) is 4.74 Å².